The van der Waals surface area contributed by atoms with Crippen LogP contribution in [0.3, 0.4) is 0 Å². The topological polar surface area (TPSA) is 9.23 Å². The van der Waals surface area contributed by atoms with Crippen LogP contribution in [0.25, 0.3) is 0 Å². The summed E-state index contributed by atoms with van der Waals surface area (Å²) in [6.45, 7) is 16.3. The predicted octanol–water partition coefficient (Wildman–Crippen LogP) is 3.54. The summed E-state index contributed by atoms with van der Waals surface area (Å²) >= 11 is 0. The van der Waals surface area contributed by atoms with Gasteiger partial charge < -0.3 is 4.74 Å². The Kier molecular flexibility index (Phi) is 7.05. The summed E-state index contributed by atoms with van der Waals surface area (Å²) in [7, 11) is -0.755. The van der Waals surface area contributed by atoms with Gasteiger partial charge in [-0.3, -0.25) is 0 Å². The minimum Gasteiger partial charge on any atom is -0.382 e. The van der Waals surface area contributed by atoms with Gasteiger partial charge >= 0.3 is 0 Å². The van der Waals surface area contributed by atoms with Crippen LogP contribution in [0, 0.1) is 0 Å². The molecule has 15 heavy (non-hydrogen) atoms. The fourth-order valence-electron chi connectivity index (χ4n) is 1.34. The second-order valence-corrected chi connectivity index (χ2v) is 15.9. The molecule has 0 fully saturated rings. The Morgan fingerprint density at radius 2 is 1.67 bits per heavy atom. The average Bonchev–Trinajstić information content (AvgIpc) is 1.98. The molecule has 0 aliphatic rings. The molecule has 0 unspecified atom stereocenters. The van der Waals surface area contributed by atoms with Gasteiger partial charge in [-0.1, -0.05) is 46.5 Å². The Balaban J connectivity index is 3.20. The lowest BCUT2D eigenvalue weighted by atomic mass is 10.2. The van der Waals surface area contributed by atoms with E-state index >= 15 is 0 Å². The summed E-state index contributed by atoms with van der Waals surface area (Å²) in [5.74, 6) is 0. The molecule has 0 spiro atoms. The van der Waals surface area contributed by atoms with Crippen LogP contribution in [0.5, 0.6) is 0 Å². The molecule has 1 nitrogen and oxygen atoms in total. The highest BCUT2D eigenvalue weighted by atomic mass is 28.3. The van der Waals surface area contributed by atoms with Crippen LogP contribution in [0.1, 0.15) is 27.2 Å². The summed E-state index contributed by atoms with van der Waals surface area (Å²) < 4.78 is 5.68. The molecule has 3 heteroatoms. The van der Waals surface area contributed by atoms with E-state index in [9.17, 15) is 0 Å². The molecule has 0 amide bonds. The van der Waals surface area contributed by atoms with Crippen molar-refractivity contribution in [3.63, 3.8) is 0 Å². The molecule has 0 radical (unpaired) electrons. The summed E-state index contributed by atoms with van der Waals surface area (Å²) in [4.78, 5) is 0. The highest BCUT2D eigenvalue weighted by Gasteiger charge is 2.12. The Labute approximate surface area is 99.8 Å². The normalized spacial score (nSPS) is 14.0. The standard InChI is InChI=1S/C12H30OSi2/c1-12(2,3)14-10-7-8-13-9-11-15(4,5)6/h7-11,14H2,1-6H3. The van der Waals surface area contributed by atoms with Crippen molar-refractivity contribution in [2.45, 2.75) is 64.0 Å². The van der Waals surface area contributed by atoms with Crippen LogP contribution >= 0.6 is 0 Å². The highest BCUT2D eigenvalue weighted by molar-refractivity contribution is 6.76. The fourth-order valence-corrected chi connectivity index (χ4v) is 3.61. The van der Waals surface area contributed by atoms with Gasteiger partial charge in [-0.2, -0.15) is 0 Å². The molecule has 0 aromatic heterocycles. The number of ether oxygens (including phenoxy) is 1. The van der Waals surface area contributed by atoms with Gasteiger partial charge in [0.1, 0.15) is 0 Å². The lowest BCUT2D eigenvalue weighted by Gasteiger charge is -2.17. The first-order valence-corrected chi connectivity index (χ1v) is 11.7. The van der Waals surface area contributed by atoms with Crippen LogP contribution in [0.15, 0.2) is 0 Å². The summed E-state index contributed by atoms with van der Waals surface area (Å²) in [6, 6.07) is 2.75. The minimum absolute atomic E-state index is 0.117. The van der Waals surface area contributed by atoms with Crippen LogP contribution in [-0.2, 0) is 4.74 Å². The average molecular weight is 247 g/mol. The molecule has 0 saturated carbocycles. The SMILES string of the molecule is CC(C)(C)[SiH2]CCCOCC[Si](C)(C)C. The molecule has 0 aromatic rings. The van der Waals surface area contributed by atoms with E-state index in [2.05, 4.69) is 40.4 Å². The third kappa shape index (κ3) is 14.4. The van der Waals surface area contributed by atoms with Crippen molar-refractivity contribution in [1.29, 1.82) is 0 Å². The predicted molar refractivity (Wildman–Crippen MR) is 76.7 cm³/mol. The first-order valence-electron chi connectivity index (χ1n) is 6.28. The summed E-state index contributed by atoms with van der Waals surface area (Å²) in [5, 5.41) is 0.623. The Morgan fingerprint density at radius 3 is 2.13 bits per heavy atom. The van der Waals surface area contributed by atoms with Gasteiger partial charge in [0, 0.05) is 30.8 Å². The maximum atomic E-state index is 5.68. The van der Waals surface area contributed by atoms with Crippen molar-refractivity contribution in [1.82, 2.24) is 0 Å². The van der Waals surface area contributed by atoms with Gasteiger partial charge in [0.05, 0.1) is 0 Å². The lowest BCUT2D eigenvalue weighted by Crippen LogP contribution is -2.21. The Morgan fingerprint density at radius 1 is 1.07 bits per heavy atom. The maximum Gasteiger partial charge on any atom is 0.0466 e. The van der Waals surface area contributed by atoms with Gasteiger partial charge in [-0.25, -0.2) is 0 Å². The van der Waals surface area contributed by atoms with E-state index in [0.29, 0.717) is 5.04 Å². The van der Waals surface area contributed by atoms with Gasteiger partial charge in [0.2, 0.25) is 0 Å². The summed E-state index contributed by atoms with van der Waals surface area (Å²) in [6.07, 6.45) is 1.29. The second-order valence-electron chi connectivity index (χ2n) is 6.94. The van der Waals surface area contributed by atoms with Crippen LogP contribution in [0.4, 0.5) is 0 Å². The zero-order chi connectivity index (χ0) is 11.9. The number of hydrogen-bond donors (Lipinski definition) is 0. The molecule has 0 aliphatic carbocycles. The molecule has 0 rings (SSSR count). The first kappa shape index (κ1) is 15.4. The summed E-state index contributed by atoms with van der Waals surface area (Å²) in [5.41, 5.74) is 0. The molecule has 0 bridgehead atoms. The van der Waals surface area contributed by atoms with Crippen LogP contribution < -0.4 is 0 Å². The molecular formula is C12H30OSi2. The zero-order valence-corrected chi connectivity index (χ0v) is 14.1. The second kappa shape index (κ2) is 6.87. The van der Waals surface area contributed by atoms with Crippen molar-refractivity contribution < 1.29 is 4.74 Å². The van der Waals surface area contributed by atoms with Gasteiger partial charge in [-0.15, -0.1) is 0 Å². The van der Waals surface area contributed by atoms with E-state index in [4.69, 9.17) is 4.74 Å². The molecule has 0 aromatic carbocycles. The van der Waals surface area contributed by atoms with Crippen LogP contribution in [-0.4, -0.2) is 30.8 Å². The third-order valence-electron chi connectivity index (χ3n) is 2.46. The zero-order valence-electron chi connectivity index (χ0n) is 11.7. The molecule has 0 aliphatic heterocycles. The fraction of sp³-hybridized carbons (Fsp3) is 1.00. The monoisotopic (exact) mass is 246 g/mol. The maximum absolute atomic E-state index is 5.68. The van der Waals surface area contributed by atoms with E-state index < -0.39 is 8.07 Å². The van der Waals surface area contributed by atoms with E-state index in [0.717, 1.165) is 13.2 Å². The first-order chi connectivity index (χ1) is 6.71. The number of rotatable bonds is 7. The van der Waals surface area contributed by atoms with Gasteiger partial charge in [-0.05, 0) is 17.5 Å². The van der Waals surface area contributed by atoms with Crippen molar-refractivity contribution in [2.75, 3.05) is 13.2 Å². The van der Waals surface area contributed by atoms with Crippen molar-refractivity contribution in [3.8, 4) is 0 Å². The third-order valence-corrected chi connectivity index (χ3v) is 6.52. The largest absolute Gasteiger partial charge is 0.382 e. The molecular weight excluding hydrogens is 216 g/mol. The molecule has 92 valence electrons. The quantitative estimate of drug-likeness (QED) is 0.493. The highest BCUT2D eigenvalue weighted by Crippen LogP contribution is 2.22. The van der Waals surface area contributed by atoms with Crippen molar-refractivity contribution in [3.05, 3.63) is 0 Å². The smallest absolute Gasteiger partial charge is 0.0466 e. The van der Waals surface area contributed by atoms with E-state index in [1.807, 2.05) is 0 Å². The lowest BCUT2D eigenvalue weighted by molar-refractivity contribution is 0.147. The Hall–Kier alpha value is 0.394. The van der Waals surface area contributed by atoms with Crippen molar-refractivity contribution >= 4 is 17.6 Å². The minimum atomic E-state index is -0.872. The van der Waals surface area contributed by atoms with Gasteiger partial charge in [0.15, 0.2) is 0 Å². The molecule has 0 N–H and O–H groups in total. The number of hydrogen-bond acceptors (Lipinski definition) is 1. The van der Waals surface area contributed by atoms with E-state index in [1.54, 1.807) is 0 Å². The molecule has 0 atom stereocenters. The molecule has 0 heterocycles. The van der Waals surface area contributed by atoms with E-state index in [-0.39, 0.29) is 9.52 Å². The molecule has 0 saturated heterocycles. The van der Waals surface area contributed by atoms with Gasteiger partial charge in [0.25, 0.3) is 0 Å². The van der Waals surface area contributed by atoms with Crippen molar-refractivity contribution in [2.24, 2.45) is 0 Å². The van der Waals surface area contributed by atoms with Crippen LogP contribution in [0.2, 0.25) is 36.8 Å². The Bertz CT molecular complexity index is 138. The van der Waals surface area contributed by atoms with E-state index in [1.165, 1.54) is 18.5 Å².